The van der Waals surface area contributed by atoms with Crippen LogP contribution < -0.4 is 9.05 Å². The fourth-order valence-corrected chi connectivity index (χ4v) is 6.19. The second-order valence-corrected chi connectivity index (χ2v) is 10.4. The first kappa shape index (κ1) is 22.9. The van der Waals surface area contributed by atoms with Crippen LogP contribution in [0.25, 0.3) is 0 Å². The number of halogens is 6. The molecule has 3 aromatic rings. The third kappa shape index (κ3) is 4.63. The Morgan fingerprint density at radius 3 is 1.77 bits per heavy atom. The first-order valence-electron chi connectivity index (χ1n) is 8.55. The third-order valence-electron chi connectivity index (χ3n) is 4.18. The van der Waals surface area contributed by atoms with Gasteiger partial charge in [-0.1, -0.05) is 0 Å². The molecule has 0 aromatic heterocycles. The van der Waals surface area contributed by atoms with Crippen molar-refractivity contribution in [2.45, 2.75) is 13.8 Å². The first-order valence-corrected chi connectivity index (χ1v) is 12.7. The van der Waals surface area contributed by atoms with Crippen molar-refractivity contribution in [1.29, 1.82) is 0 Å². The molecule has 31 heavy (non-hydrogen) atoms. The molecular weight excluding hydrogens is 540 g/mol. The van der Waals surface area contributed by atoms with E-state index in [1.807, 2.05) is 0 Å². The van der Waals surface area contributed by atoms with Gasteiger partial charge in [-0.2, -0.15) is 0 Å². The fourth-order valence-electron chi connectivity index (χ4n) is 2.42. The summed E-state index contributed by atoms with van der Waals surface area (Å²) in [6.07, 6.45) is 0. The van der Waals surface area contributed by atoms with Crippen LogP contribution in [0.1, 0.15) is 11.1 Å². The molecule has 0 aliphatic rings. The monoisotopic (exact) mass is 552 g/mol. The second-order valence-electron chi connectivity index (χ2n) is 6.25. The molecule has 164 valence electrons. The Bertz CT molecular complexity index is 1170. The van der Waals surface area contributed by atoms with E-state index in [4.69, 9.17) is 6.03 Å². The van der Waals surface area contributed by atoms with Gasteiger partial charge in [-0.15, -0.1) is 0 Å². The zero-order valence-electron chi connectivity index (χ0n) is 15.9. The maximum atomic E-state index is 14.1. The van der Waals surface area contributed by atoms with E-state index in [0.717, 1.165) is 12.1 Å². The molecule has 4 nitrogen and oxygen atoms in total. The molecule has 0 spiro atoms. The summed E-state index contributed by atoms with van der Waals surface area (Å²) >= 11 is -6.41. The molecule has 0 heterocycles. The topological polar surface area (TPSA) is 44.8 Å². The van der Waals surface area contributed by atoms with Crippen molar-refractivity contribution < 1.29 is 38.4 Å². The third-order valence-corrected chi connectivity index (χ3v) is 7.74. The number of para-hydroxylation sites is 1. The quantitative estimate of drug-likeness (QED) is 0.174. The van der Waals surface area contributed by atoms with E-state index in [2.05, 4.69) is 3.02 Å². The van der Waals surface area contributed by atoms with Crippen LogP contribution in [-0.4, -0.2) is 20.1 Å². The predicted molar refractivity (Wildman–Crippen MR) is 96.9 cm³/mol. The summed E-state index contributed by atoms with van der Waals surface area (Å²) in [4.78, 5) is 0. The molecule has 0 amide bonds. The molecule has 3 aromatic carbocycles. The molecule has 1 unspecified atom stereocenters. The molecular formula is C20H13F6O4Sb. The molecule has 0 aliphatic heterocycles. The summed E-state index contributed by atoms with van der Waals surface area (Å²) in [5, 5.41) is 0. The van der Waals surface area contributed by atoms with Gasteiger partial charge in [-0.05, 0) is 0 Å². The van der Waals surface area contributed by atoms with Crippen LogP contribution in [0.4, 0.5) is 26.3 Å². The van der Waals surface area contributed by atoms with Crippen LogP contribution in [0.5, 0.6) is 17.2 Å². The van der Waals surface area contributed by atoms with Gasteiger partial charge in [0, 0.05) is 0 Å². The van der Waals surface area contributed by atoms with Crippen molar-refractivity contribution in [3.8, 4) is 17.2 Å². The molecule has 3 rings (SSSR count). The number of hydrogen-bond acceptors (Lipinski definition) is 4. The Kier molecular flexibility index (Phi) is 6.50. The van der Waals surface area contributed by atoms with Crippen molar-refractivity contribution in [3.63, 3.8) is 0 Å². The van der Waals surface area contributed by atoms with Crippen LogP contribution >= 0.6 is 0 Å². The van der Waals surface area contributed by atoms with Crippen molar-refractivity contribution >= 4 is 20.1 Å². The average molecular weight is 553 g/mol. The van der Waals surface area contributed by atoms with E-state index in [9.17, 15) is 29.4 Å². The van der Waals surface area contributed by atoms with E-state index < -0.39 is 66.5 Å². The number of aryl methyl sites for hydroxylation is 1. The van der Waals surface area contributed by atoms with Crippen molar-refractivity contribution in [2.75, 3.05) is 0 Å². The van der Waals surface area contributed by atoms with Crippen LogP contribution in [0, 0.1) is 48.8 Å². The van der Waals surface area contributed by atoms with Gasteiger partial charge in [-0.3, -0.25) is 0 Å². The van der Waals surface area contributed by atoms with Gasteiger partial charge in [0.2, 0.25) is 0 Å². The fraction of sp³-hybridized carbons (Fsp3) is 0.100. The zero-order chi connectivity index (χ0) is 22.9. The number of hydrogen-bond donors (Lipinski definition) is 0. The maximum absolute atomic E-state index is 14.1. The Hall–Kier alpha value is -2.74. The van der Waals surface area contributed by atoms with Gasteiger partial charge in [0.05, 0.1) is 0 Å². The molecule has 0 fully saturated rings. The normalized spacial score (nSPS) is 12.9. The molecule has 11 heteroatoms. The van der Waals surface area contributed by atoms with Crippen molar-refractivity contribution in [1.82, 2.24) is 0 Å². The summed E-state index contributed by atoms with van der Waals surface area (Å²) in [6, 6.07) is 8.99. The van der Waals surface area contributed by atoms with Crippen molar-refractivity contribution in [2.24, 2.45) is 0 Å². The molecule has 0 N–H and O–H groups in total. The number of rotatable bonds is 6. The van der Waals surface area contributed by atoms with E-state index >= 15 is 0 Å². The van der Waals surface area contributed by atoms with E-state index in [-0.39, 0.29) is 5.75 Å². The average Bonchev–Trinajstić information content (AvgIpc) is 2.73. The van der Waals surface area contributed by atoms with Crippen LogP contribution in [0.15, 0.2) is 42.5 Å². The van der Waals surface area contributed by atoms with Gasteiger partial charge in [0.15, 0.2) is 0 Å². The second kappa shape index (κ2) is 8.78. The van der Waals surface area contributed by atoms with Gasteiger partial charge < -0.3 is 0 Å². The molecule has 0 saturated carbocycles. The Morgan fingerprint density at radius 1 is 0.645 bits per heavy atom. The van der Waals surface area contributed by atoms with Gasteiger partial charge in [0.25, 0.3) is 0 Å². The predicted octanol–water partition coefficient (Wildman–Crippen LogP) is 5.54. The summed E-state index contributed by atoms with van der Waals surface area (Å²) in [5.41, 5.74) is 1.08. The van der Waals surface area contributed by atoms with Gasteiger partial charge >= 0.3 is 178 Å². The van der Waals surface area contributed by atoms with Gasteiger partial charge in [-0.25, -0.2) is 0 Å². The van der Waals surface area contributed by atoms with Gasteiger partial charge in [0.1, 0.15) is 0 Å². The summed E-state index contributed by atoms with van der Waals surface area (Å²) in [6.45, 7) is 3.22. The molecule has 0 aliphatic carbocycles. The molecule has 0 saturated heterocycles. The van der Waals surface area contributed by atoms with Crippen LogP contribution in [0.3, 0.4) is 0 Å². The summed E-state index contributed by atoms with van der Waals surface area (Å²) in [7, 11) is 0. The SMILES string of the molecule is Cc1cccc([O][Sb](=[O])([O]c2ccccc2F)[O]c2c(F)c(F)c(F)c(F)c2F)c1C. The molecule has 0 radical (unpaired) electrons. The summed E-state index contributed by atoms with van der Waals surface area (Å²) < 4.78 is 111. The Labute approximate surface area is 178 Å². The zero-order valence-corrected chi connectivity index (χ0v) is 18.4. The Balaban J connectivity index is 2.12. The van der Waals surface area contributed by atoms with E-state index in [1.54, 1.807) is 19.9 Å². The first-order chi connectivity index (χ1) is 14.5. The standard InChI is InChI=1S/C8H10O.C6HF5O.C6H5FO.O.Sb/c1-6-4-3-5-8(9)7(6)2;7-1-2(8)4(10)6(12)5(11)3(1)9;7-5-3-1-2-4-6(5)8;;/h3-5,9H,1-2H3;12H;1-4,8H;;/q;;;;+3/p-3. The Morgan fingerprint density at radius 2 is 1.16 bits per heavy atom. The van der Waals surface area contributed by atoms with Crippen LogP contribution in [0.2, 0.25) is 0 Å². The summed E-state index contributed by atoms with van der Waals surface area (Å²) in [5.74, 6) is -15.5. The van der Waals surface area contributed by atoms with Crippen LogP contribution in [-0.2, 0) is 3.02 Å². The minimum absolute atomic E-state index is 0.110. The van der Waals surface area contributed by atoms with E-state index in [0.29, 0.717) is 11.1 Å². The minimum atomic E-state index is -6.41. The molecule has 0 bridgehead atoms. The van der Waals surface area contributed by atoms with Crippen molar-refractivity contribution in [3.05, 3.63) is 88.5 Å². The molecule has 1 atom stereocenters. The van der Waals surface area contributed by atoms with E-state index in [1.165, 1.54) is 24.3 Å². The number of benzene rings is 3.